The molecule has 19 heteroatoms. The van der Waals surface area contributed by atoms with Gasteiger partial charge in [-0.05, 0) is 154 Å². The molecule has 0 aromatic carbocycles. The molecular formula is C89H148O17P2. The monoisotopic (exact) mass is 1550 g/mol. The molecule has 0 heterocycles. The molecule has 0 rings (SSSR count). The van der Waals surface area contributed by atoms with Crippen LogP contribution in [0.5, 0.6) is 0 Å². The van der Waals surface area contributed by atoms with Gasteiger partial charge in [-0.15, -0.1) is 0 Å². The number of phosphoric ester groups is 2. The summed E-state index contributed by atoms with van der Waals surface area (Å²) < 4.78 is 68.5. The second-order valence-corrected chi connectivity index (χ2v) is 30.2. The van der Waals surface area contributed by atoms with Crippen molar-refractivity contribution in [1.82, 2.24) is 0 Å². The molecule has 17 nitrogen and oxygen atoms in total. The van der Waals surface area contributed by atoms with Gasteiger partial charge in [-0.1, -0.05) is 301 Å². The summed E-state index contributed by atoms with van der Waals surface area (Å²) in [5.74, 6) is -2.39. The van der Waals surface area contributed by atoms with Gasteiger partial charge in [0.25, 0.3) is 0 Å². The first-order valence-corrected chi connectivity index (χ1v) is 44.7. The highest BCUT2D eigenvalue weighted by molar-refractivity contribution is 7.47. The lowest BCUT2D eigenvalue weighted by molar-refractivity contribution is -0.161. The van der Waals surface area contributed by atoms with E-state index in [4.69, 9.17) is 37.0 Å². The van der Waals surface area contributed by atoms with Gasteiger partial charge >= 0.3 is 39.5 Å². The number of hydrogen-bond donors (Lipinski definition) is 3. The molecule has 5 atom stereocenters. The lowest BCUT2D eigenvalue weighted by Gasteiger charge is -2.21. The van der Waals surface area contributed by atoms with Gasteiger partial charge in [0.05, 0.1) is 26.4 Å². The van der Waals surface area contributed by atoms with Gasteiger partial charge in [0.2, 0.25) is 0 Å². The Kier molecular flexibility index (Phi) is 75.8. The molecule has 3 N–H and O–H groups in total. The molecule has 0 aromatic rings. The quantitative estimate of drug-likeness (QED) is 0.0169. The summed E-state index contributed by atoms with van der Waals surface area (Å²) in [6.07, 6.45) is 93.9. The van der Waals surface area contributed by atoms with Gasteiger partial charge in [0.15, 0.2) is 12.2 Å². The van der Waals surface area contributed by atoms with Crippen LogP contribution in [0.25, 0.3) is 0 Å². The zero-order chi connectivity index (χ0) is 78.9. The van der Waals surface area contributed by atoms with Gasteiger partial charge in [-0.25, -0.2) is 9.13 Å². The van der Waals surface area contributed by atoms with Crippen molar-refractivity contribution in [2.45, 2.75) is 341 Å². The third-order valence-corrected chi connectivity index (χ3v) is 18.9. The van der Waals surface area contributed by atoms with Crippen molar-refractivity contribution in [3.63, 3.8) is 0 Å². The van der Waals surface area contributed by atoms with Crippen molar-refractivity contribution < 1.29 is 80.2 Å². The van der Waals surface area contributed by atoms with E-state index in [9.17, 15) is 43.2 Å². The maximum Gasteiger partial charge on any atom is 0.472 e. The normalized spacial score (nSPS) is 14.6. The van der Waals surface area contributed by atoms with Crippen LogP contribution in [0, 0.1) is 0 Å². The third-order valence-electron chi connectivity index (χ3n) is 17.0. The van der Waals surface area contributed by atoms with Crippen LogP contribution in [-0.2, 0) is 65.4 Å². The molecule has 0 aliphatic carbocycles. The Morgan fingerprint density at radius 3 is 0.843 bits per heavy atom. The Hall–Kier alpha value is -5.32. The fraction of sp³-hybridized carbons (Fsp3) is 0.663. The van der Waals surface area contributed by atoms with Crippen molar-refractivity contribution in [1.29, 1.82) is 0 Å². The molecular weight excluding hydrogens is 1400 g/mol. The first-order valence-electron chi connectivity index (χ1n) is 41.7. The van der Waals surface area contributed by atoms with Crippen LogP contribution in [0.4, 0.5) is 0 Å². The lowest BCUT2D eigenvalue weighted by Crippen LogP contribution is -2.30. The van der Waals surface area contributed by atoms with Crippen molar-refractivity contribution >= 4 is 39.5 Å². The number of ether oxygens (including phenoxy) is 4. The fourth-order valence-corrected chi connectivity index (χ4v) is 12.2. The Morgan fingerprint density at radius 2 is 0.500 bits per heavy atom. The molecule has 0 radical (unpaired) electrons. The Balaban J connectivity index is 5.52. The average Bonchev–Trinajstić information content (AvgIpc) is 0.899. The number of carbonyl (C=O) groups is 4. The number of phosphoric acid groups is 2. The van der Waals surface area contributed by atoms with Crippen molar-refractivity contribution in [2.24, 2.45) is 0 Å². The van der Waals surface area contributed by atoms with Crippen LogP contribution < -0.4 is 0 Å². The maximum atomic E-state index is 13.1. The zero-order valence-corrected chi connectivity index (χ0v) is 69.3. The number of esters is 4. The second-order valence-electron chi connectivity index (χ2n) is 27.3. The predicted molar refractivity (Wildman–Crippen MR) is 445 cm³/mol. The first-order chi connectivity index (χ1) is 52.7. The van der Waals surface area contributed by atoms with E-state index in [0.717, 1.165) is 135 Å². The van der Waals surface area contributed by atoms with E-state index in [2.05, 4.69) is 155 Å². The van der Waals surface area contributed by atoms with E-state index in [1.54, 1.807) is 0 Å². The molecule has 0 aliphatic rings. The van der Waals surface area contributed by atoms with Crippen molar-refractivity contribution in [3.8, 4) is 0 Å². The summed E-state index contributed by atoms with van der Waals surface area (Å²) in [6, 6.07) is 0. The number of aliphatic hydroxyl groups is 1. The van der Waals surface area contributed by atoms with Crippen molar-refractivity contribution in [3.05, 3.63) is 158 Å². The highest BCUT2D eigenvalue weighted by Gasteiger charge is 2.30. The van der Waals surface area contributed by atoms with Gasteiger partial charge in [0.1, 0.15) is 19.3 Å². The van der Waals surface area contributed by atoms with Gasteiger partial charge in [0, 0.05) is 25.7 Å². The average molecular weight is 1550 g/mol. The number of carbonyl (C=O) groups excluding carboxylic acids is 4. The lowest BCUT2D eigenvalue weighted by atomic mass is 10.1. The zero-order valence-electron chi connectivity index (χ0n) is 67.5. The number of aliphatic hydroxyl groups excluding tert-OH is 1. The minimum absolute atomic E-state index is 0.0308. The molecule has 0 aliphatic heterocycles. The second kappa shape index (κ2) is 79.8. The summed E-state index contributed by atoms with van der Waals surface area (Å²) in [5, 5.41) is 10.7. The van der Waals surface area contributed by atoms with E-state index in [1.807, 2.05) is 30.4 Å². The highest BCUT2D eigenvalue weighted by atomic mass is 31.2. The molecule has 0 spiro atoms. The molecule has 108 heavy (non-hydrogen) atoms. The number of allylic oxidation sites excluding steroid dienone is 26. The number of hydrogen-bond acceptors (Lipinski definition) is 15. The van der Waals surface area contributed by atoms with E-state index >= 15 is 0 Å². The molecule has 0 aromatic heterocycles. The van der Waals surface area contributed by atoms with Crippen LogP contribution in [0.2, 0.25) is 0 Å². The maximum absolute atomic E-state index is 13.1. The van der Waals surface area contributed by atoms with E-state index in [-0.39, 0.29) is 25.7 Å². The fourth-order valence-electron chi connectivity index (χ4n) is 10.6. The summed E-state index contributed by atoms with van der Waals surface area (Å²) in [6.45, 7) is 4.55. The van der Waals surface area contributed by atoms with Gasteiger partial charge in [-0.3, -0.25) is 37.3 Å². The van der Waals surface area contributed by atoms with E-state index < -0.39 is 97.5 Å². The molecule has 0 saturated carbocycles. The Labute approximate surface area is 655 Å². The summed E-state index contributed by atoms with van der Waals surface area (Å²) >= 11 is 0. The topological polar surface area (TPSA) is 237 Å². The first kappa shape index (κ1) is 103. The number of rotatable bonds is 77. The molecule has 616 valence electrons. The molecule has 0 amide bonds. The third kappa shape index (κ3) is 78.8. The van der Waals surface area contributed by atoms with Gasteiger partial charge < -0.3 is 33.8 Å². The van der Waals surface area contributed by atoms with Crippen LogP contribution in [0.15, 0.2) is 158 Å². The predicted octanol–water partition coefficient (Wildman–Crippen LogP) is 24.8. The largest absolute Gasteiger partial charge is 0.472 e. The van der Waals surface area contributed by atoms with E-state index in [1.165, 1.54) is 96.3 Å². The summed E-state index contributed by atoms with van der Waals surface area (Å²) in [7, 11) is -10.0. The highest BCUT2D eigenvalue weighted by Crippen LogP contribution is 2.45. The van der Waals surface area contributed by atoms with Crippen LogP contribution in [0.3, 0.4) is 0 Å². The molecule has 0 fully saturated rings. The Morgan fingerprint density at radius 1 is 0.269 bits per heavy atom. The minimum Gasteiger partial charge on any atom is -0.462 e. The molecule has 2 unspecified atom stereocenters. The number of unbranched alkanes of at least 4 members (excludes halogenated alkanes) is 25. The Bertz CT molecular complexity index is 2660. The summed E-state index contributed by atoms with van der Waals surface area (Å²) in [4.78, 5) is 73.1. The smallest absolute Gasteiger partial charge is 0.462 e. The standard InChI is InChI=1S/C89H148O17P2/c1-5-9-13-17-21-25-29-33-37-39-41-43-47-50-54-58-62-66-70-74-87(92)100-80-84(105-88(93)75-71-67-63-59-55-51-46-36-32-28-24-20-16-12-8-4)81-103-107(95,96)101-77-83(90)78-102-108(97,98)104-82-85(79-99-86(91)73-69-65-61-57-53-49-45-35-31-27-23-19-15-11-7-3)106-89(94)76-72-68-64-60-56-52-48-44-42-40-38-34-30-26-22-18-14-10-6-2/h10,14,21-22,25-26,33-38,41-46,50,52,54,56,62,64,66,68,83-85,90H,5-9,11-13,15-20,23-24,27-32,39-40,47-49,51,53,55,57-61,63,65,67,69-82H2,1-4H3,(H,95,96)(H,97,98)/b14-10-,25-21-,26-22-,37-33-,38-34-,43-41-,44-42-,45-35-,46-36-,54-50-,56-52-,66-62-,68-64-/t83-,84-,85-/m1/s1. The van der Waals surface area contributed by atoms with Crippen LogP contribution in [0.1, 0.15) is 323 Å². The van der Waals surface area contributed by atoms with Crippen LogP contribution in [-0.4, -0.2) is 96.7 Å². The minimum atomic E-state index is -5.01. The SMILES string of the molecule is CC/C=C\C/C=C\C/C=C\C/C=C\C/C=C\C/C=C\CCC(=O)O[C@H](COC(=O)CCCCCCC/C=C\CCCCCCCC)COP(=O)(O)OC[C@H](O)COP(=O)(O)OC[C@@H](COC(=O)CC/C=C\C/C=C\C/C=C\C/C=C\C/C=C\CCCCC)OC(=O)CCCCCCC/C=C\CCCCCCCC. The summed E-state index contributed by atoms with van der Waals surface area (Å²) in [5.41, 5.74) is 0. The molecule has 0 bridgehead atoms. The van der Waals surface area contributed by atoms with E-state index in [0.29, 0.717) is 38.5 Å². The molecule has 0 saturated heterocycles. The van der Waals surface area contributed by atoms with Crippen LogP contribution >= 0.6 is 15.6 Å². The van der Waals surface area contributed by atoms with Gasteiger partial charge in [-0.2, -0.15) is 0 Å². The van der Waals surface area contributed by atoms with Crippen molar-refractivity contribution in [2.75, 3.05) is 39.6 Å².